The predicted octanol–water partition coefficient (Wildman–Crippen LogP) is 3.89. The number of aromatic nitrogens is 4. The third-order valence-corrected chi connectivity index (χ3v) is 6.53. The van der Waals surface area contributed by atoms with Gasteiger partial charge >= 0.3 is 0 Å². The lowest BCUT2D eigenvalue weighted by molar-refractivity contribution is 0.332. The zero-order valence-electron chi connectivity index (χ0n) is 17.2. The highest BCUT2D eigenvalue weighted by molar-refractivity contribution is 5.91. The third-order valence-electron chi connectivity index (χ3n) is 6.53. The summed E-state index contributed by atoms with van der Waals surface area (Å²) in [6.07, 6.45) is 7.23. The summed E-state index contributed by atoms with van der Waals surface area (Å²) in [7, 11) is 0. The Labute approximate surface area is 184 Å². The zero-order valence-corrected chi connectivity index (χ0v) is 17.2. The van der Waals surface area contributed by atoms with Gasteiger partial charge in [-0.2, -0.15) is 5.26 Å². The molecule has 32 heavy (non-hydrogen) atoms. The standard InChI is InChI=1S/C24H20FN7/c25-16-2-1-3-17(10-16)31-13-19-5-4-18(31)14-32(19)24-15(11-26)12-29-23(30-24)21-7-9-28-22-20(21)6-8-27-22/h1-3,6-10,12,18-19H,4-5,13-14H2,(H,27,28)/t18?,19-/m0/s1. The minimum atomic E-state index is -0.221. The van der Waals surface area contributed by atoms with Crippen molar-refractivity contribution in [2.45, 2.75) is 24.9 Å². The second-order valence-corrected chi connectivity index (χ2v) is 8.31. The fraction of sp³-hybridized carbons (Fsp3) is 0.250. The van der Waals surface area contributed by atoms with Crippen LogP contribution < -0.4 is 9.80 Å². The number of hydrogen-bond donors (Lipinski definition) is 1. The normalized spacial score (nSPS) is 20.0. The van der Waals surface area contributed by atoms with Crippen LogP contribution in [-0.4, -0.2) is 45.1 Å². The van der Waals surface area contributed by atoms with Gasteiger partial charge in [0.1, 0.15) is 23.1 Å². The lowest BCUT2D eigenvalue weighted by Crippen LogP contribution is -2.63. The van der Waals surface area contributed by atoms with Crippen molar-refractivity contribution in [2.24, 2.45) is 0 Å². The number of nitriles is 1. The van der Waals surface area contributed by atoms with Crippen molar-refractivity contribution >= 4 is 22.5 Å². The molecule has 6 heterocycles. The summed E-state index contributed by atoms with van der Waals surface area (Å²) < 4.78 is 13.8. The van der Waals surface area contributed by atoms with Crippen molar-refractivity contribution < 1.29 is 4.39 Å². The summed E-state index contributed by atoms with van der Waals surface area (Å²) in [5.41, 5.74) is 3.04. The minimum absolute atomic E-state index is 0.197. The Bertz CT molecular complexity index is 1360. The van der Waals surface area contributed by atoms with Crippen LogP contribution in [0, 0.1) is 17.1 Å². The van der Waals surface area contributed by atoms with Crippen LogP contribution >= 0.6 is 0 Å². The number of H-pyrrole nitrogens is 1. The SMILES string of the molecule is N#Cc1cnc(-c2ccnc3[nH]ccc23)nc1N1CC2CC[C@H]1CN2c1cccc(F)c1. The zero-order chi connectivity index (χ0) is 21.7. The summed E-state index contributed by atoms with van der Waals surface area (Å²) in [6.45, 7) is 1.51. The number of fused-ring (bicyclic) bond motifs is 4. The van der Waals surface area contributed by atoms with E-state index in [9.17, 15) is 9.65 Å². The van der Waals surface area contributed by atoms with Crippen LogP contribution in [0.15, 0.2) is 55.0 Å². The molecule has 0 aliphatic carbocycles. The molecule has 7 rings (SSSR count). The molecule has 0 amide bonds. The fourth-order valence-electron chi connectivity index (χ4n) is 5.02. The lowest BCUT2D eigenvalue weighted by Gasteiger charge is -2.53. The largest absolute Gasteiger partial charge is 0.365 e. The number of aromatic amines is 1. The van der Waals surface area contributed by atoms with Gasteiger partial charge in [0.15, 0.2) is 11.6 Å². The van der Waals surface area contributed by atoms with Gasteiger partial charge in [0, 0.05) is 54.2 Å². The first kappa shape index (κ1) is 18.8. The van der Waals surface area contributed by atoms with Crippen molar-refractivity contribution in [1.82, 2.24) is 19.9 Å². The maximum Gasteiger partial charge on any atom is 0.162 e. The van der Waals surface area contributed by atoms with Gasteiger partial charge in [0.2, 0.25) is 0 Å². The molecule has 0 radical (unpaired) electrons. The molecule has 3 aromatic heterocycles. The molecule has 7 nitrogen and oxygen atoms in total. The molecule has 2 bridgehead atoms. The molecule has 1 N–H and O–H groups in total. The van der Waals surface area contributed by atoms with Crippen molar-refractivity contribution in [3.63, 3.8) is 0 Å². The van der Waals surface area contributed by atoms with E-state index >= 15 is 0 Å². The number of halogens is 1. The molecule has 8 heteroatoms. The Morgan fingerprint density at radius 3 is 2.69 bits per heavy atom. The highest BCUT2D eigenvalue weighted by atomic mass is 19.1. The number of nitrogens with one attached hydrogen (secondary N) is 1. The number of piperazine rings is 1. The highest BCUT2D eigenvalue weighted by Crippen LogP contribution is 2.37. The number of rotatable bonds is 3. The maximum absolute atomic E-state index is 13.8. The van der Waals surface area contributed by atoms with Crippen molar-refractivity contribution in [3.8, 4) is 17.5 Å². The molecular formula is C24H20FN7. The van der Waals surface area contributed by atoms with E-state index in [0.717, 1.165) is 48.2 Å². The van der Waals surface area contributed by atoms with Gasteiger partial charge in [-0.25, -0.2) is 19.3 Å². The topological polar surface area (TPSA) is 84.7 Å². The fourth-order valence-corrected chi connectivity index (χ4v) is 5.02. The molecular weight excluding hydrogens is 405 g/mol. The van der Waals surface area contributed by atoms with Crippen LogP contribution in [0.3, 0.4) is 0 Å². The molecule has 1 unspecified atom stereocenters. The number of pyridine rings is 1. The molecule has 4 aromatic rings. The summed E-state index contributed by atoms with van der Waals surface area (Å²) in [5, 5.41) is 10.7. The monoisotopic (exact) mass is 425 g/mol. The van der Waals surface area contributed by atoms with Crippen molar-refractivity contribution in [1.29, 1.82) is 5.26 Å². The average Bonchev–Trinajstić information content (AvgIpc) is 3.33. The summed E-state index contributed by atoms with van der Waals surface area (Å²) >= 11 is 0. The number of anilines is 2. The second kappa shape index (κ2) is 7.31. The molecule has 3 aliphatic rings. The summed E-state index contributed by atoms with van der Waals surface area (Å²) in [5.74, 6) is 1.03. The van der Waals surface area contributed by atoms with E-state index < -0.39 is 0 Å². The van der Waals surface area contributed by atoms with E-state index in [1.165, 1.54) is 6.07 Å². The van der Waals surface area contributed by atoms with Crippen molar-refractivity contribution in [2.75, 3.05) is 22.9 Å². The van der Waals surface area contributed by atoms with Crippen LogP contribution in [0.5, 0.6) is 0 Å². The summed E-state index contributed by atoms with van der Waals surface area (Å²) in [4.78, 5) is 21.3. The molecule has 3 fully saturated rings. The van der Waals surface area contributed by atoms with E-state index in [1.807, 2.05) is 24.4 Å². The van der Waals surface area contributed by atoms with Gasteiger partial charge in [-0.3, -0.25) is 0 Å². The first-order valence-electron chi connectivity index (χ1n) is 10.7. The van der Waals surface area contributed by atoms with Crippen LogP contribution in [-0.2, 0) is 0 Å². The smallest absolute Gasteiger partial charge is 0.162 e. The van der Waals surface area contributed by atoms with Gasteiger partial charge in [-0.1, -0.05) is 6.07 Å². The quantitative estimate of drug-likeness (QED) is 0.536. The van der Waals surface area contributed by atoms with Gasteiger partial charge in [0.05, 0.1) is 6.20 Å². The molecule has 2 atom stereocenters. The van der Waals surface area contributed by atoms with Crippen LogP contribution in [0.4, 0.5) is 15.9 Å². The Hall–Kier alpha value is -3.99. The van der Waals surface area contributed by atoms with E-state index in [2.05, 4.69) is 30.8 Å². The second-order valence-electron chi connectivity index (χ2n) is 8.31. The van der Waals surface area contributed by atoms with Gasteiger partial charge in [-0.05, 0) is 43.2 Å². The van der Waals surface area contributed by atoms with Crippen molar-refractivity contribution in [3.05, 3.63) is 66.4 Å². The number of nitrogens with zero attached hydrogens (tertiary/aromatic N) is 6. The van der Waals surface area contributed by atoms with Gasteiger partial charge in [0.25, 0.3) is 0 Å². The predicted molar refractivity (Wildman–Crippen MR) is 120 cm³/mol. The maximum atomic E-state index is 13.8. The van der Waals surface area contributed by atoms with E-state index in [1.54, 1.807) is 24.5 Å². The van der Waals surface area contributed by atoms with Gasteiger partial charge in [-0.15, -0.1) is 0 Å². The minimum Gasteiger partial charge on any atom is -0.365 e. The molecule has 1 aromatic carbocycles. The molecule has 3 aliphatic heterocycles. The molecule has 0 saturated carbocycles. The van der Waals surface area contributed by atoms with E-state index in [-0.39, 0.29) is 17.9 Å². The third kappa shape index (κ3) is 2.97. The number of hydrogen-bond acceptors (Lipinski definition) is 6. The molecule has 158 valence electrons. The average molecular weight is 425 g/mol. The Balaban J connectivity index is 1.37. The van der Waals surface area contributed by atoms with Gasteiger partial charge < -0.3 is 14.8 Å². The first-order valence-corrected chi connectivity index (χ1v) is 10.7. The Morgan fingerprint density at radius 1 is 1.06 bits per heavy atom. The van der Waals surface area contributed by atoms with E-state index in [0.29, 0.717) is 17.2 Å². The Kier molecular flexibility index (Phi) is 4.28. The molecule has 3 saturated heterocycles. The lowest BCUT2D eigenvalue weighted by atomic mass is 9.90. The first-order chi connectivity index (χ1) is 15.7. The number of piperidine rings is 2. The molecule has 0 spiro atoms. The Morgan fingerprint density at radius 2 is 1.91 bits per heavy atom. The number of benzene rings is 1. The highest BCUT2D eigenvalue weighted by Gasteiger charge is 2.40. The van der Waals surface area contributed by atoms with E-state index in [4.69, 9.17) is 4.98 Å². The van der Waals surface area contributed by atoms with Crippen LogP contribution in [0.25, 0.3) is 22.4 Å². The summed E-state index contributed by atoms with van der Waals surface area (Å²) in [6, 6.07) is 13.3. The van der Waals surface area contributed by atoms with Crippen LogP contribution in [0.1, 0.15) is 18.4 Å². The van der Waals surface area contributed by atoms with Crippen LogP contribution in [0.2, 0.25) is 0 Å².